The smallest absolute Gasteiger partial charge is 0.323 e. The summed E-state index contributed by atoms with van der Waals surface area (Å²) in [5.74, 6) is -0.400. The Morgan fingerprint density at radius 2 is 2.17 bits per heavy atom. The second-order valence-electron chi connectivity index (χ2n) is 3.49. The molecule has 0 unspecified atom stereocenters. The third-order valence-corrected chi connectivity index (χ3v) is 2.14. The minimum atomic E-state index is -1.21. The Hall–Kier alpha value is -2.55. The van der Waals surface area contributed by atoms with E-state index in [9.17, 15) is 14.0 Å². The zero-order valence-corrected chi connectivity index (χ0v) is 9.39. The lowest BCUT2D eigenvalue weighted by atomic mass is 10.1. The Morgan fingerprint density at radius 3 is 2.72 bits per heavy atom. The molecule has 0 saturated heterocycles. The standard InChI is InChI=1S/C12H11FN2O3/c1-2-5-15(7-11(16)17)12(18)9-6-8(13)3-4-10(9)14/h1,3-4,6H,5,7,14H2,(H,16,17). The number of carboxylic acids is 1. The van der Waals surface area contributed by atoms with Gasteiger partial charge in [0.2, 0.25) is 0 Å². The normalized spacial score (nSPS) is 9.56. The van der Waals surface area contributed by atoms with Crippen molar-refractivity contribution < 1.29 is 19.1 Å². The molecule has 0 aliphatic carbocycles. The van der Waals surface area contributed by atoms with E-state index in [0.29, 0.717) is 0 Å². The van der Waals surface area contributed by atoms with Crippen molar-refractivity contribution in [3.05, 3.63) is 29.6 Å². The zero-order chi connectivity index (χ0) is 13.7. The lowest BCUT2D eigenvalue weighted by Gasteiger charge is -2.18. The number of aliphatic carboxylic acids is 1. The SMILES string of the molecule is C#CCN(CC(=O)O)C(=O)c1cc(F)ccc1N. The van der Waals surface area contributed by atoms with Crippen molar-refractivity contribution >= 4 is 17.6 Å². The predicted octanol–water partition coefficient (Wildman–Crippen LogP) is 0.568. The van der Waals surface area contributed by atoms with Crippen LogP contribution in [0.5, 0.6) is 0 Å². The molecule has 0 aromatic heterocycles. The number of nitrogens with two attached hydrogens (primary N) is 1. The van der Waals surface area contributed by atoms with Gasteiger partial charge in [0.05, 0.1) is 12.1 Å². The van der Waals surface area contributed by atoms with Gasteiger partial charge >= 0.3 is 5.97 Å². The van der Waals surface area contributed by atoms with Gasteiger partial charge < -0.3 is 15.7 Å². The van der Waals surface area contributed by atoms with E-state index in [-0.39, 0.29) is 17.8 Å². The first-order valence-corrected chi connectivity index (χ1v) is 4.95. The van der Waals surface area contributed by atoms with Gasteiger partial charge in [-0.1, -0.05) is 5.92 Å². The van der Waals surface area contributed by atoms with Gasteiger partial charge in [-0.3, -0.25) is 9.59 Å². The van der Waals surface area contributed by atoms with Crippen molar-refractivity contribution in [1.82, 2.24) is 4.90 Å². The molecule has 0 radical (unpaired) electrons. The fraction of sp³-hybridized carbons (Fsp3) is 0.167. The highest BCUT2D eigenvalue weighted by molar-refractivity contribution is 6.00. The van der Waals surface area contributed by atoms with E-state index in [2.05, 4.69) is 5.92 Å². The van der Waals surface area contributed by atoms with E-state index in [1.807, 2.05) is 0 Å². The fourth-order valence-electron chi connectivity index (χ4n) is 1.36. The van der Waals surface area contributed by atoms with Gasteiger partial charge in [0.25, 0.3) is 5.91 Å². The third kappa shape index (κ3) is 3.22. The first-order chi connectivity index (χ1) is 8.45. The first-order valence-electron chi connectivity index (χ1n) is 4.95. The van der Waals surface area contributed by atoms with E-state index < -0.39 is 24.2 Å². The molecular weight excluding hydrogens is 239 g/mol. The molecule has 3 N–H and O–H groups in total. The molecule has 94 valence electrons. The molecular formula is C12H11FN2O3. The average Bonchev–Trinajstić information content (AvgIpc) is 2.30. The van der Waals surface area contributed by atoms with Crippen LogP contribution in [0, 0.1) is 18.2 Å². The van der Waals surface area contributed by atoms with Crippen molar-refractivity contribution in [2.24, 2.45) is 0 Å². The first kappa shape index (κ1) is 13.5. The lowest BCUT2D eigenvalue weighted by Crippen LogP contribution is -2.36. The van der Waals surface area contributed by atoms with Crippen molar-refractivity contribution in [3.8, 4) is 12.3 Å². The molecule has 1 amide bonds. The number of anilines is 1. The van der Waals surface area contributed by atoms with Crippen LogP contribution in [-0.4, -0.2) is 35.0 Å². The lowest BCUT2D eigenvalue weighted by molar-refractivity contribution is -0.137. The fourth-order valence-corrected chi connectivity index (χ4v) is 1.36. The Bertz CT molecular complexity index is 523. The Labute approximate surface area is 103 Å². The number of hydrogen-bond acceptors (Lipinski definition) is 3. The van der Waals surface area contributed by atoms with E-state index in [0.717, 1.165) is 17.0 Å². The second kappa shape index (κ2) is 5.68. The number of carboxylic acid groups (broad SMARTS) is 1. The van der Waals surface area contributed by atoms with E-state index >= 15 is 0 Å². The van der Waals surface area contributed by atoms with Crippen LogP contribution >= 0.6 is 0 Å². The van der Waals surface area contributed by atoms with Crippen molar-refractivity contribution in [3.63, 3.8) is 0 Å². The highest BCUT2D eigenvalue weighted by Gasteiger charge is 2.20. The number of rotatable bonds is 4. The van der Waals surface area contributed by atoms with Crippen LogP contribution in [-0.2, 0) is 4.79 Å². The van der Waals surface area contributed by atoms with Gasteiger partial charge in [-0.2, -0.15) is 0 Å². The number of carbonyl (C=O) groups is 2. The summed E-state index contributed by atoms with van der Waals surface area (Å²) in [6.07, 6.45) is 5.05. The monoisotopic (exact) mass is 250 g/mol. The van der Waals surface area contributed by atoms with Gasteiger partial charge in [0.1, 0.15) is 12.4 Å². The van der Waals surface area contributed by atoms with Crippen LogP contribution in [0.1, 0.15) is 10.4 Å². The highest BCUT2D eigenvalue weighted by atomic mass is 19.1. The van der Waals surface area contributed by atoms with Crippen molar-refractivity contribution in [2.75, 3.05) is 18.8 Å². The van der Waals surface area contributed by atoms with E-state index in [1.54, 1.807) is 0 Å². The predicted molar refractivity (Wildman–Crippen MR) is 63.2 cm³/mol. The molecule has 0 aliphatic rings. The van der Waals surface area contributed by atoms with Crippen LogP contribution < -0.4 is 5.73 Å². The summed E-state index contributed by atoms with van der Waals surface area (Å²) in [5, 5.41) is 8.66. The summed E-state index contributed by atoms with van der Waals surface area (Å²) >= 11 is 0. The molecule has 1 aromatic rings. The van der Waals surface area contributed by atoms with Gasteiger partial charge in [0.15, 0.2) is 0 Å². The maximum Gasteiger partial charge on any atom is 0.323 e. The molecule has 1 aromatic carbocycles. The second-order valence-corrected chi connectivity index (χ2v) is 3.49. The van der Waals surface area contributed by atoms with Crippen LogP contribution in [0.4, 0.5) is 10.1 Å². The molecule has 0 fully saturated rings. The largest absolute Gasteiger partial charge is 0.480 e. The molecule has 0 saturated carbocycles. The van der Waals surface area contributed by atoms with Gasteiger partial charge in [-0.15, -0.1) is 6.42 Å². The van der Waals surface area contributed by atoms with Crippen LogP contribution in [0.25, 0.3) is 0 Å². The molecule has 18 heavy (non-hydrogen) atoms. The summed E-state index contributed by atoms with van der Waals surface area (Å²) in [6.45, 7) is -0.764. The van der Waals surface area contributed by atoms with Gasteiger partial charge in [-0.05, 0) is 18.2 Å². The zero-order valence-electron chi connectivity index (χ0n) is 9.39. The van der Waals surface area contributed by atoms with E-state index in [1.165, 1.54) is 6.07 Å². The average molecular weight is 250 g/mol. The summed E-state index contributed by atoms with van der Waals surface area (Å²) < 4.78 is 13.0. The van der Waals surface area contributed by atoms with E-state index in [4.69, 9.17) is 17.3 Å². The minimum absolute atomic E-state index is 0.0637. The topological polar surface area (TPSA) is 83.6 Å². The van der Waals surface area contributed by atoms with Gasteiger partial charge in [-0.25, -0.2) is 4.39 Å². The molecule has 0 atom stereocenters. The number of amides is 1. The third-order valence-electron chi connectivity index (χ3n) is 2.14. The number of halogens is 1. The molecule has 0 aliphatic heterocycles. The minimum Gasteiger partial charge on any atom is -0.480 e. The van der Waals surface area contributed by atoms with Gasteiger partial charge in [0, 0.05) is 5.69 Å². The van der Waals surface area contributed by atoms with Crippen molar-refractivity contribution in [1.29, 1.82) is 0 Å². The summed E-state index contributed by atoms with van der Waals surface area (Å²) in [6, 6.07) is 3.29. The molecule has 0 heterocycles. The van der Waals surface area contributed by atoms with Crippen LogP contribution in [0.2, 0.25) is 0 Å². The number of hydrogen-bond donors (Lipinski definition) is 2. The molecule has 0 bridgehead atoms. The molecule has 6 heteroatoms. The number of terminal acetylenes is 1. The summed E-state index contributed by atoms with van der Waals surface area (Å²) in [7, 11) is 0. The maximum atomic E-state index is 13.0. The number of benzene rings is 1. The number of nitrogen functional groups attached to an aromatic ring is 1. The quantitative estimate of drug-likeness (QED) is 0.604. The Morgan fingerprint density at radius 1 is 1.50 bits per heavy atom. The molecule has 5 nitrogen and oxygen atoms in total. The maximum absolute atomic E-state index is 13.0. The number of nitrogens with zero attached hydrogens (tertiary/aromatic N) is 1. The summed E-state index contributed by atoms with van der Waals surface area (Å²) in [4.78, 5) is 23.5. The van der Waals surface area contributed by atoms with Crippen LogP contribution in [0.3, 0.4) is 0 Å². The van der Waals surface area contributed by atoms with Crippen molar-refractivity contribution in [2.45, 2.75) is 0 Å². The Kier molecular flexibility index (Phi) is 4.27. The Balaban J connectivity index is 3.05. The number of carbonyl (C=O) groups excluding carboxylic acids is 1. The highest BCUT2D eigenvalue weighted by Crippen LogP contribution is 2.15. The molecule has 1 rings (SSSR count). The van der Waals surface area contributed by atoms with Crippen LogP contribution in [0.15, 0.2) is 18.2 Å². The molecule has 0 spiro atoms. The summed E-state index contributed by atoms with van der Waals surface area (Å²) in [5.41, 5.74) is 5.50.